The second-order valence-corrected chi connectivity index (χ2v) is 5.91. The summed E-state index contributed by atoms with van der Waals surface area (Å²) >= 11 is 0. The molecule has 3 aromatic rings. The first-order valence-electron chi connectivity index (χ1n) is 8.27. The molecule has 0 bridgehead atoms. The Kier molecular flexibility index (Phi) is 5.51. The van der Waals surface area contributed by atoms with Gasteiger partial charge in [-0.3, -0.25) is 9.78 Å². The molecule has 0 spiro atoms. The summed E-state index contributed by atoms with van der Waals surface area (Å²) in [6.07, 6.45) is 5.19. The van der Waals surface area contributed by atoms with E-state index in [1.165, 1.54) is 5.56 Å². The topological polar surface area (TPSA) is 80.9 Å². The van der Waals surface area contributed by atoms with Gasteiger partial charge in [0.05, 0.1) is 0 Å². The van der Waals surface area contributed by atoms with Crippen molar-refractivity contribution < 1.29 is 9.21 Å². The highest BCUT2D eigenvalue weighted by atomic mass is 16.4. The Morgan fingerprint density at radius 2 is 1.88 bits per heavy atom. The fourth-order valence-electron chi connectivity index (χ4n) is 2.50. The molecular weight excluding hydrogens is 316 g/mol. The molecule has 3 rings (SSSR count). The molecule has 0 unspecified atom stereocenters. The van der Waals surface area contributed by atoms with E-state index in [1.54, 1.807) is 24.5 Å². The summed E-state index contributed by atoms with van der Waals surface area (Å²) < 4.78 is 5.54. The van der Waals surface area contributed by atoms with Crippen LogP contribution in [0.25, 0.3) is 11.5 Å². The molecule has 1 amide bonds. The number of nitrogens with zero attached hydrogens (tertiary/aromatic N) is 3. The Morgan fingerprint density at radius 3 is 2.64 bits per heavy atom. The molecule has 0 saturated heterocycles. The fraction of sp³-hybridized carbons (Fsp3) is 0.263. The van der Waals surface area contributed by atoms with Gasteiger partial charge in [0.25, 0.3) is 0 Å². The molecule has 0 aliphatic heterocycles. The molecular formula is C19H20N4O2. The van der Waals surface area contributed by atoms with Crippen LogP contribution in [0.15, 0.2) is 59.3 Å². The number of amides is 1. The molecule has 1 atom stereocenters. The van der Waals surface area contributed by atoms with Gasteiger partial charge >= 0.3 is 0 Å². The zero-order valence-corrected chi connectivity index (χ0v) is 14.1. The SMILES string of the molecule is C[C@H](CCc1ccccc1)NC(=O)Cc1nnc(-c2ccncc2)o1. The lowest BCUT2D eigenvalue weighted by molar-refractivity contribution is -0.121. The van der Waals surface area contributed by atoms with Crippen molar-refractivity contribution >= 4 is 5.91 Å². The molecule has 0 fully saturated rings. The Hall–Kier alpha value is -3.02. The molecule has 2 heterocycles. The van der Waals surface area contributed by atoms with Crippen molar-refractivity contribution in [3.8, 4) is 11.5 Å². The fourth-order valence-corrected chi connectivity index (χ4v) is 2.50. The van der Waals surface area contributed by atoms with Crippen LogP contribution >= 0.6 is 0 Å². The van der Waals surface area contributed by atoms with Crippen LogP contribution in [0, 0.1) is 0 Å². The van der Waals surface area contributed by atoms with E-state index >= 15 is 0 Å². The monoisotopic (exact) mass is 336 g/mol. The standard InChI is InChI=1S/C19H20N4O2/c1-14(7-8-15-5-3-2-4-6-15)21-17(24)13-18-22-23-19(25-18)16-9-11-20-12-10-16/h2-6,9-12,14H,7-8,13H2,1H3,(H,21,24)/t14-/m1/s1. The van der Waals surface area contributed by atoms with E-state index < -0.39 is 0 Å². The van der Waals surface area contributed by atoms with Gasteiger partial charge in [0.2, 0.25) is 17.7 Å². The summed E-state index contributed by atoms with van der Waals surface area (Å²) in [4.78, 5) is 16.1. The minimum atomic E-state index is -0.120. The lowest BCUT2D eigenvalue weighted by Crippen LogP contribution is -2.34. The number of carbonyl (C=O) groups is 1. The average molecular weight is 336 g/mol. The van der Waals surface area contributed by atoms with E-state index in [1.807, 2.05) is 25.1 Å². The molecule has 1 aromatic carbocycles. The van der Waals surface area contributed by atoms with Gasteiger partial charge in [0.15, 0.2) is 0 Å². The van der Waals surface area contributed by atoms with Crippen LogP contribution in [0.3, 0.4) is 0 Å². The first kappa shape index (κ1) is 16.8. The molecule has 25 heavy (non-hydrogen) atoms. The predicted octanol–water partition coefficient (Wildman–Crippen LogP) is 2.81. The van der Waals surface area contributed by atoms with Crippen LogP contribution in [0.1, 0.15) is 24.8 Å². The van der Waals surface area contributed by atoms with Crippen LogP contribution in [0.5, 0.6) is 0 Å². The van der Waals surface area contributed by atoms with Gasteiger partial charge in [-0.05, 0) is 37.5 Å². The molecule has 128 valence electrons. The molecule has 6 nitrogen and oxygen atoms in total. The molecule has 0 radical (unpaired) electrons. The first-order chi connectivity index (χ1) is 12.2. The largest absolute Gasteiger partial charge is 0.420 e. The van der Waals surface area contributed by atoms with Gasteiger partial charge < -0.3 is 9.73 Å². The molecule has 1 N–H and O–H groups in total. The van der Waals surface area contributed by atoms with Gasteiger partial charge in [-0.2, -0.15) is 0 Å². The molecule has 0 aliphatic carbocycles. The quantitative estimate of drug-likeness (QED) is 0.717. The van der Waals surface area contributed by atoms with Crippen molar-refractivity contribution in [1.82, 2.24) is 20.5 Å². The van der Waals surface area contributed by atoms with Crippen molar-refractivity contribution in [2.75, 3.05) is 0 Å². The molecule has 2 aromatic heterocycles. The van der Waals surface area contributed by atoms with Crippen LogP contribution in [0.2, 0.25) is 0 Å². The minimum Gasteiger partial charge on any atom is -0.420 e. The summed E-state index contributed by atoms with van der Waals surface area (Å²) in [5.41, 5.74) is 2.05. The summed E-state index contributed by atoms with van der Waals surface area (Å²) in [5, 5.41) is 10.9. The molecule has 0 saturated carbocycles. The third-order valence-electron chi connectivity index (χ3n) is 3.82. The number of pyridine rings is 1. The Morgan fingerprint density at radius 1 is 1.12 bits per heavy atom. The van der Waals surface area contributed by atoms with E-state index in [0.29, 0.717) is 11.8 Å². The summed E-state index contributed by atoms with van der Waals surface area (Å²) in [6, 6.07) is 13.9. The van der Waals surface area contributed by atoms with E-state index in [-0.39, 0.29) is 18.4 Å². The Bertz CT molecular complexity index is 803. The molecule has 0 aliphatic rings. The van der Waals surface area contributed by atoms with Gasteiger partial charge in [0.1, 0.15) is 6.42 Å². The average Bonchev–Trinajstić information content (AvgIpc) is 3.10. The minimum absolute atomic E-state index is 0.0771. The number of hydrogen-bond donors (Lipinski definition) is 1. The van der Waals surface area contributed by atoms with Crippen LogP contribution < -0.4 is 5.32 Å². The van der Waals surface area contributed by atoms with E-state index in [9.17, 15) is 4.79 Å². The van der Waals surface area contributed by atoms with Crippen molar-refractivity contribution in [3.05, 3.63) is 66.3 Å². The van der Waals surface area contributed by atoms with Gasteiger partial charge in [-0.1, -0.05) is 30.3 Å². The lowest BCUT2D eigenvalue weighted by Gasteiger charge is -2.13. The van der Waals surface area contributed by atoms with Crippen LogP contribution in [-0.4, -0.2) is 27.1 Å². The van der Waals surface area contributed by atoms with Crippen molar-refractivity contribution in [1.29, 1.82) is 0 Å². The Labute approximate surface area is 146 Å². The third-order valence-corrected chi connectivity index (χ3v) is 3.82. The summed E-state index contributed by atoms with van der Waals surface area (Å²) in [6.45, 7) is 2.00. The maximum atomic E-state index is 12.1. The summed E-state index contributed by atoms with van der Waals surface area (Å²) in [7, 11) is 0. The van der Waals surface area contributed by atoms with Crippen molar-refractivity contribution in [2.24, 2.45) is 0 Å². The second kappa shape index (κ2) is 8.19. The zero-order chi connectivity index (χ0) is 17.5. The van der Waals surface area contributed by atoms with Gasteiger partial charge in [-0.25, -0.2) is 0 Å². The number of aryl methyl sites for hydroxylation is 1. The zero-order valence-electron chi connectivity index (χ0n) is 14.1. The predicted molar refractivity (Wildman–Crippen MR) is 93.6 cm³/mol. The number of rotatable bonds is 7. The van der Waals surface area contributed by atoms with Crippen molar-refractivity contribution in [2.45, 2.75) is 32.2 Å². The van der Waals surface area contributed by atoms with E-state index in [2.05, 4.69) is 32.6 Å². The van der Waals surface area contributed by atoms with Gasteiger partial charge in [-0.15, -0.1) is 10.2 Å². The third kappa shape index (κ3) is 4.97. The number of carbonyl (C=O) groups excluding carboxylic acids is 1. The maximum absolute atomic E-state index is 12.1. The second-order valence-electron chi connectivity index (χ2n) is 5.91. The Balaban J connectivity index is 1.48. The normalized spacial score (nSPS) is 11.9. The van der Waals surface area contributed by atoms with Crippen LogP contribution in [-0.2, 0) is 17.6 Å². The van der Waals surface area contributed by atoms with Crippen LogP contribution in [0.4, 0.5) is 0 Å². The lowest BCUT2D eigenvalue weighted by atomic mass is 10.1. The highest BCUT2D eigenvalue weighted by Crippen LogP contribution is 2.16. The first-order valence-corrected chi connectivity index (χ1v) is 8.27. The number of benzene rings is 1. The maximum Gasteiger partial charge on any atom is 0.247 e. The smallest absolute Gasteiger partial charge is 0.247 e. The highest BCUT2D eigenvalue weighted by molar-refractivity contribution is 5.77. The number of hydrogen-bond acceptors (Lipinski definition) is 5. The highest BCUT2D eigenvalue weighted by Gasteiger charge is 2.14. The molecule has 6 heteroatoms. The number of nitrogens with one attached hydrogen (secondary N) is 1. The number of aromatic nitrogens is 3. The van der Waals surface area contributed by atoms with E-state index in [4.69, 9.17) is 4.42 Å². The van der Waals surface area contributed by atoms with Gasteiger partial charge in [0, 0.05) is 24.0 Å². The summed E-state index contributed by atoms with van der Waals surface area (Å²) in [5.74, 6) is 0.576. The van der Waals surface area contributed by atoms with E-state index in [0.717, 1.165) is 18.4 Å². The van der Waals surface area contributed by atoms with Crippen molar-refractivity contribution in [3.63, 3.8) is 0 Å².